The van der Waals surface area contributed by atoms with Gasteiger partial charge in [-0.05, 0) is 18.5 Å². The van der Waals surface area contributed by atoms with Crippen LogP contribution in [0.4, 0.5) is 0 Å². The SMILES string of the molecule is COc1cc(OC)c(C(CN)C(C)C)cc1OC. The van der Waals surface area contributed by atoms with Gasteiger partial charge >= 0.3 is 0 Å². The Morgan fingerprint density at radius 3 is 1.83 bits per heavy atom. The molecule has 0 bridgehead atoms. The van der Waals surface area contributed by atoms with Gasteiger partial charge in [0.2, 0.25) is 0 Å². The molecule has 1 atom stereocenters. The average Bonchev–Trinajstić information content (AvgIpc) is 2.38. The smallest absolute Gasteiger partial charge is 0.164 e. The first-order valence-corrected chi connectivity index (χ1v) is 6.09. The molecule has 4 nitrogen and oxygen atoms in total. The van der Waals surface area contributed by atoms with Crippen LogP contribution in [0, 0.1) is 5.92 Å². The molecule has 18 heavy (non-hydrogen) atoms. The quantitative estimate of drug-likeness (QED) is 0.846. The van der Waals surface area contributed by atoms with Gasteiger partial charge in [-0.3, -0.25) is 0 Å². The van der Waals surface area contributed by atoms with E-state index in [0.29, 0.717) is 24.0 Å². The third kappa shape index (κ3) is 2.88. The summed E-state index contributed by atoms with van der Waals surface area (Å²) in [6.07, 6.45) is 0. The number of methoxy groups -OCH3 is 3. The average molecular weight is 253 g/mol. The van der Waals surface area contributed by atoms with Gasteiger partial charge in [-0.25, -0.2) is 0 Å². The van der Waals surface area contributed by atoms with E-state index in [1.165, 1.54) is 0 Å². The van der Waals surface area contributed by atoms with Crippen LogP contribution >= 0.6 is 0 Å². The van der Waals surface area contributed by atoms with Gasteiger partial charge in [0, 0.05) is 17.5 Å². The molecule has 4 heteroatoms. The molecule has 0 aliphatic heterocycles. The highest BCUT2D eigenvalue weighted by Crippen LogP contribution is 2.39. The van der Waals surface area contributed by atoms with Crippen LogP contribution in [0.2, 0.25) is 0 Å². The maximum atomic E-state index is 5.86. The van der Waals surface area contributed by atoms with Gasteiger partial charge in [-0.1, -0.05) is 13.8 Å². The van der Waals surface area contributed by atoms with E-state index in [9.17, 15) is 0 Å². The van der Waals surface area contributed by atoms with Crippen LogP contribution in [0.3, 0.4) is 0 Å². The summed E-state index contributed by atoms with van der Waals surface area (Å²) in [5, 5.41) is 0. The molecule has 0 heterocycles. The normalized spacial score (nSPS) is 12.4. The summed E-state index contributed by atoms with van der Waals surface area (Å²) in [6.45, 7) is 4.87. The zero-order chi connectivity index (χ0) is 13.7. The molecule has 102 valence electrons. The minimum Gasteiger partial charge on any atom is -0.496 e. The van der Waals surface area contributed by atoms with Gasteiger partial charge in [0.05, 0.1) is 21.3 Å². The van der Waals surface area contributed by atoms with Gasteiger partial charge in [-0.2, -0.15) is 0 Å². The van der Waals surface area contributed by atoms with E-state index in [4.69, 9.17) is 19.9 Å². The van der Waals surface area contributed by atoms with Crippen molar-refractivity contribution in [3.05, 3.63) is 17.7 Å². The molecule has 0 amide bonds. The van der Waals surface area contributed by atoms with E-state index >= 15 is 0 Å². The van der Waals surface area contributed by atoms with Crippen LogP contribution in [0.5, 0.6) is 17.2 Å². The van der Waals surface area contributed by atoms with Crippen molar-refractivity contribution in [2.75, 3.05) is 27.9 Å². The van der Waals surface area contributed by atoms with Crippen molar-refractivity contribution >= 4 is 0 Å². The van der Waals surface area contributed by atoms with Crippen LogP contribution in [0.1, 0.15) is 25.3 Å². The Balaban J connectivity index is 3.32. The summed E-state index contributed by atoms with van der Waals surface area (Å²) < 4.78 is 16.0. The molecular formula is C14H23NO3. The first-order valence-electron chi connectivity index (χ1n) is 6.09. The molecule has 1 rings (SSSR count). The summed E-state index contributed by atoms with van der Waals surface area (Å²) >= 11 is 0. The number of ether oxygens (including phenoxy) is 3. The van der Waals surface area contributed by atoms with E-state index in [1.54, 1.807) is 21.3 Å². The van der Waals surface area contributed by atoms with E-state index < -0.39 is 0 Å². The second-order valence-electron chi connectivity index (χ2n) is 4.54. The molecule has 0 aliphatic carbocycles. The number of nitrogens with two attached hydrogens (primary N) is 1. The molecule has 1 aromatic rings. The summed E-state index contributed by atoms with van der Waals surface area (Å²) in [5.41, 5.74) is 6.93. The fourth-order valence-corrected chi connectivity index (χ4v) is 2.10. The lowest BCUT2D eigenvalue weighted by atomic mass is 9.87. The van der Waals surface area contributed by atoms with Gasteiger partial charge < -0.3 is 19.9 Å². The Bertz CT molecular complexity index is 391. The van der Waals surface area contributed by atoms with E-state index in [0.717, 1.165) is 11.3 Å². The lowest BCUT2D eigenvalue weighted by Gasteiger charge is -2.23. The molecule has 2 N–H and O–H groups in total. The standard InChI is InChI=1S/C14H23NO3/c1-9(2)11(8-15)10-6-13(17-4)14(18-5)7-12(10)16-3/h6-7,9,11H,8,15H2,1-5H3. The third-order valence-corrected chi connectivity index (χ3v) is 3.19. The van der Waals surface area contributed by atoms with Gasteiger partial charge in [0.15, 0.2) is 11.5 Å². The fourth-order valence-electron chi connectivity index (χ4n) is 2.10. The highest BCUT2D eigenvalue weighted by molar-refractivity contribution is 5.52. The molecule has 0 spiro atoms. The highest BCUT2D eigenvalue weighted by Gasteiger charge is 2.21. The first kappa shape index (κ1) is 14.6. The Hall–Kier alpha value is -1.42. The Labute approximate surface area is 109 Å². The minimum atomic E-state index is 0.236. The molecule has 0 aliphatic rings. The lowest BCUT2D eigenvalue weighted by Crippen LogP contribution is -2.18. The second-order valence-corrected chi connectivity index (χ2v) is 4.54. The molecular weight excluding hydrogens is 230 g/mol. The van der Waals surface area contributed by atoms with Crippen molar-refractivity contribution in [2.24, 2.45) is 11.7 Å². The summed E-state index contributed by atoms with van der Waals surface area (Å²) in [6, 6.07) is 3.80. The van der Waals surface area contributed by atoms with Crippen molar-refractivity contribution in [2.45, 2.75) is 19.8 Å². The first-order chi connectivity index (χ1) is 8.58. The number of hydrogen-bond acceptors (Lipinski definition) is 4. The van der Waals surface area contributed by atoms with E-state index in [-0.39, 0.29) is 5.92 Å². The van der Waals surface area contributed by atoms with Crippen molar-refractivity contribution in [1.82, 2.24) is 0 Å². The number of benzene rings is 1. The summed E-state index contributed by atoms with van der Waals surface area (Å²) in [4.78, 5) is 0. The second kappa shape index (κ2) is 6.50. The number of rotatable bonds is 6. The predicted octanol–water partition coefficient (Wildman–Crippen LogP) is 2.41. The van der Waals surface area contributed by atoms with Crippen molar-refractivity contribution < 1.29 is 14.2 Å². The lowest BCUT2D eigenvalue weighted by molar-refractivity contribution is 0.344. The van der Waals surface area contributed by atoms with E-state index in [2.05, 4.69) is 13.8 Å². The summed E-state index contributed by atoms with van der Waals surface area (Å²) in [5.74, 6) is 2.82. The van der Waals surface area contributed by atoms with Crippen LogP contribution < -0.4 is 19.9 Å². The monoisotopic (exact) mass is 253 g/mol. The number of hydrogen-bond donors (Lipinski definition) is 1. The van der Waals surface area contributed by atoms with Crippen molar-refractivity contribution in [3.63, 3.8) is 0 Å². The van der Waals surface area contributed by atoms with Crippen molar-refractivity contribution in [1.29, 1.82) is 0 Å². The molecule has 0 saturated heterocycles. The Morgan fingerprint density at radius 1 is 0.944 bits per heavy atom. The molecule has 1 unspecified atom stereocenters. The molecule has 0 radical (unpaired) electrons. The third-order valence-electron chi connectivity index (χ3n) is 3.19. The van der Waals surface area contributed by atoms with Gasteiger partial charge in [0.1, 0.15) is 5.75 Å². The molecule has 0 fully saturated rings. The van der Waals surface area contributed by atoms with Crippen molar-refractivity contribution in [3.8, 4) is 17.2 Å². The van der Waals surface area contributed by atoms with Crippen LogP contribution in [0.15, 0.2) is 12.1 Å². The molecule has 0 saturated carbocycles. The maximum absolute atomic E-state index is 5.86. The van der Waals surface area contributed by atoms with Crippen LogP contribution in [0.25, 0.3) is 0 Å². The van der Waals surface area contributed by atoms with Gasteiger partial charge in [-0.15, -0.1) is 0 Å². The maximum Gasteiger partial charge on any atom is 0.164 e. The van der Waals surface area contributed by atoms with E-state index in [1.807, 2.05) is 12.1 Å². The largest absolute Gasteiger partial charge is 0.496 e. The topological polar surface area (TPSA) is 53.7 Å². The highest BCUT2D eigenvalue weighted by atomic mass is 16.5. The van der Waals surface area contributed by atoms with Crippen LogP contribution in [-0.2, 0) is 0 Å². The minimum absolute atomic E-state index is 0.236. The zero-order valence-corrected chi connectivity index (χ0v) is 11.8. The fraction of sp³-hybridized carbons (Fsp3) is 0.571. The summed E-state index contributed by atoms with van der Waals surface area (Å²) in [7, 11) is 4.89. The predicted molar refractivity (Wildman–Crippen MR) is 72.7 cm³/mol. The van der Waals surface area contributed by atoms with Crippen LogP contribution in [-0.4, -0.2) is 27.9 Å². The van der Waals surface area contributed by atoms with Gasteiger partial charge in [0.25, 0.3) is 0 Å². The Morgan fingerprint density at radius 2 is 1.44 bits per heavy atom. The molecule has 1 aromatic carbocycles. The zero-order valence-electron chi connectivity index (χ0n) is 11.8. The molecule has 0 aromatic heterocycles. The Kier molecular flexibility index (Phi) is 5.28.